The zero-order chi connectivity index (χ0) is 19.9. The highest BCUT2D eigenvalue weighted by Crippen LogP contribution is 2.30. The maximum absolute atomic E-state index is 12.3. The summed E-state index contributed by atoms with van der Waals surface area (Å²) in [5.41, 5.74) is 0.310. The third-order valence-electron chi connectivity index (χ3n) is 4.00. The van der Waals surface area contributed by atoms with Crippen LogP contribution in [0.3, 0.4) is 0 Å². The molecule has 2 aromatic carbocycles. The van der Waals surface area contributed by atoms with E-state index in [4.69, 9.17) is 23.7 Å². The van der Waals surface area contributed by atoms with E-state index < -0.39 is 18.0 Å². The summed E-state index contributed by atoms with van der Waals surface area (Å²) in [5, 5.41) is 2.51. The van der Waals surface area contributed by atoms with Gasteiger partial charge >= 0.3 is 5.97 Å². The summed E-state index contributed by atoms with van der Waals surface area (Å²) in [6.45, 7) is 0.0266. The van der Waals surface area contributed by atoms with Gasteiger partial charge in [0.25, 0.3) is 5.91 Å². The lowest BCUT2D eigenvalue weighted by Gasteiger charge is -2.26. The predicted molar refractivity (Wildman–Crippen MR) is 99.2 cm³/mol. The van der Waals surface area contributed by atoms with Gasteiger partial charge in [0, 0.05) is 11.6 Å². The van der Waals surface area contributed by atoms with Crippen LogP contribution in [0.4, 0.5) is 0 Å². The number of para-hydroxylation sites is 2. The normalized spacial score (nSPS) is 14.7. The van der Waals surface area contributed by atoms with Crippen molar-refractivity contribution in [3.05, 3.63) is 48.0 Å². The number of carbonyl (C=O) groups is 2. The van der Waals surface area contributed by atoms with E-state index in [-0.39, 0.29) is 19.8 Å². The number of ether oxygens (including phenoxy) is 5. The van der Waals surface area contributed by atoms with Crippen molar-refractivity contribution in [1.82, 2.24) is 5.32 Å². The van der Waals surface area contributed by atoms with Crippen LogP contribution in [0.5, 0.6) is 23.0 Å². The van der Waals surface area contributed by atoms with Crippen molar-refractivity contribution in [2.24, 2.45) is 0 Å². The van der Waals surface area contributed by atoms with E-state index >= 15 is 0 Å². The molecule has 148 valence electrons. The van der Waals surface area contributed by atoms with Crippen molar-refractivity contribution in [2.75, 3.05) is 34.0 Å². The Bertz CT molecular complexity index is 830. The number of benzene rings is 2. The molecule has 1 aliphatic heterocycles. The Morgan fingerprint density at radius 3 is 2.43 bits per heavy atom. The fourth-order valence-electron chi connectivity index (χ4n) is 2.58. The minimum atomic E-state index is -0.578. The number of hydrogen-bond acceptors (Lipinski definition) is 7. The van der Waals surface area contributed by atoms with E-state index in [1.165, 1.54) is 14.2 Å². The molecule has 1 N–H and O–H groups in total. The van der Waals surface area contributed by atoms with Crippen molar-refractivity contribution < 1.29 is 33.3 Å². The molecule has 1 aliphatic rings. The van der Waals surface area contributed by atoms with Crippen LogP contribution in [0.2, 0.25) is 0 Å². The number of methoxy groups -OCH3 is 2. The van der Waals surface area contributed by atoms with Crippen molar-refractivity contribution in [1.29, 1.82) is 0 Å². The van der Waals surface area contributed by atoms with Gasteiger partial charge in [-0.15, -0.1) is 0 Å². The zero-order valence-electron chi connectivity index (χ0n) is 15.6. The van der Waals surface area contributed by atoms with Crippen molar-refractivity contribution in [2.45, 2.75) is 6.10 Å². The lowest BCUT2D eigenvalue weighted by atomic mass is 10.2. The van der Waals surface area contributed by atoms with Crippen LogP contribution in [-0.4, -0.2) is 52.0 Å². The molecule has 0 aliphatic carbocycles. The van der Waals surface area contributed by atoms with Crippen molar-refractivity contribution in [3.8, 4) is 23.0 Å². The van der Waals surface area contributed by atoms with Crippen LogP contribution >= 0.6 is 0 Å². The molecule has 2 aromatic rings. The summed E-state index contributed by atoms with van der Waals surface area (Å²) in [5.74, 6) is 1.19. The first-order valence-corrected chi connectivity index (χ1v) is 8.64. The van der Waals surface area contributed by atoms with Crippen molar-refractivity contribution in [3.63, 3.8) is 0 Å². The largest absolute Gasteiger partial charge is 0.497 e. The number of rotatable bonds is 7. The maximum atomic E-state index is 12.3. The molecule has 0 saturated heterocycles. The van der Waals surface area contributed by atoms with Gasteiger partial charge in [-0.2, -0.15) is 0 Å². The Morgan fingerprint density at radius 2 is 1.75 bits per heavy atom. The van der Waals surface area contributed by atoms with Gasteiger partial charge in [-0.25, -0.2) is 0 Å². The average Bonchev–Trinajstić information content (AvgIpc) is 2.75. The summed E-state index contributed by atoms with van der Waals surface area (Å²) >= 11 is 0. The standard InChI is InChI=1S/C20H21NO7/c1-24-14-7-13(8-15(9-14)25-2)20(23)21-10-19(22)27-12-16-11-26-17-5-3-4-6-18(17)28-16/h3-9,16H,10-12H2,1-2H3,(H,21,23). The average molecular weight is 387 g/mol. The SMILES string of the molecule is COc1cc(OC)cc(C(=O)NCC(=O)OCC2COc3ccccc3O2)c1. The zero-order valence-corrected chi connectivity index (χ0v) is 15.6. The molecule has 0 spiro atoms. The van der Waals surface area contributed by atoms with Gasteiger partial charge in [0.2, 0.25) is 0 Å². The molecule has 3 rings (SSSR count). The molecular formula is C20H21NO7. The monoisotopic (exact) mass is 387 g/mol. The Labute approximate surface area is 162 Å². The first-order chi connectivity index (χ1) is 13.6. The fourth-order valence-corrected chi connectivity index (χ4v) is 2.58. The van der Waals surface area contributed by atoms with E-state index in [1.807, 2.05) is 12.1 Å². The Balaban J connectivity index is 1.46. The highest BCUT2D eigenvalue weighted by Gasteiger charge is 2.22. The summed E-state index contributed by atoms with van der Waals surface area (Å²) in [6.07, 6.45) is -0.405. The highest BCUT2D eigenvalue weighted by molar-refractivity contribution is 5.96. The van der Waals surface area contributed by atoms with Gasteiger partial charge in [0.1, 0.15) is 31.3 Å². The fraction of sp³-hybridized carbons (Fsp3) is 0.300. The van der Waals surface area contributed by atoms with Gasteiger partial charge in [-0.3, -0.25) is 9.59 Å². The van der Waals surface area contributed by atoms with Crippen LogP contribution in [-0.2, 0) is 9.53 Å². The van der Waals surface area contributed by atoms with Crippen LogP contribution in [0, 0.1) is 0 Å². The Hall–Kier alpha value is -3.42. The first kappa shape index (κ1) is 19.3. The third-order valence-corrected chi connectivity index (χ3v) is 4.00. The molecular weight excluding hydrogens is 366 g/mol. The summed E-state index contributed by atoms with van der Waals surface area (Å²) < 4.78 is 26.7. The summed E-state index contributed by atoms with van der Waals surface area (Å²) in [7, 11) is 2.98. The topological polar surface area (TPSA) is 92.3 Å². The second-order valence-electron chi connectivity index (χ2n) is 5.96. The van der Waals surface area contributed by atoms with Crippen molar-refractivity contribution >= 4 is 11.9 Å². The van der Waals surface area contributed by atoms with Gasteiger partial charge in [0.05, 0.1) is 14.2 Å². The third kappa shape index (κ3) is 4.85. The molecule has 8 nitrogen and oxygen atoms in total. The molecule has 1 amide bonds. The second kappa shape index (κ2) is 8.98. The Kier molecular flexibility index (Phi) is 6.21. The van der Waals surface area contributed by atoms with Crippen LogP contribution in [0.25, 0.3) is 0 Å². The summed E-state index contributed by atoms with van der Waals surface area (Å²) in [6, 6.07) is 12.0. The number of esters is 1. The predicted octanol–water partition coefficient (Wildman–Crippen LogP) is 1.82. The molecule has 1 atom stereocenters. The van der Waals surface area contributed by atoms with E-state index in [9.17, 15) is 9.59 Å². The molecule has 0 aromatic heterocycles. The minimum Gasteiger partial charge on any atom is -0.497 e. The highest BCUT2D eigenvalue weighted by atomic mass is 16.6. The van der Waals surface area contributed by atoms with E-state index in [0.717, 1.165) is 0 Å². The summed E-state index contributed by atoms with van der Waals surface area (Å²) in [4.78, 5) is 24.2. The second-order valence-corrected chi connectivity index (χ2v) is 5.96. The number of nitrogens with one attached hydrogen (secondary N) is 1. The number of carbonyl (C=O) groups excluding carboxylic acids is 2. The van der Waals surface area contributed by atoms with Gasteiger partial charge in [0.15, 0.2) is 17.6 Å². The van der Waals surface area contributed by atoms with Gasteiger partial charge in [-0.05, 0) is 24.3 Å². The van der Waals surface area contributed by atoms with Crippen LogP contribution in [0.15, 0.2) is 42.5 Å². The van der Waals surface area contributed by atoms with E-state index in [2.05, 4.69) is 5.32 Å². The van der Waals surface area contributed by atoms with Crippen LogP contribution < -0.4 is 24.3 Å². The first-order valence-electron chi connectivity index (χ1n) is 8.64. The minimum absolute atomic E-state index is 0.0238. The lowest BCUT2D eigenvalue weighted by molar-refractivity contribution is -0.145. The molecule has 28 heavy (non-hydrogen) atoms. The smallest absolute Gasteiger partial charge is 0.325 e. The molecule has 1 heterocycles. The lowest BCUT2D eigenvalue weighted by Crippen LogP contribution is -2.36. The molecule has 8 heteroatoms. The number of amides is 1. The Morgan fingerprint density at radius 1 is 1.07 bits per heavy atom. The van der Waals surface area contributed by atoms with Gasteiger partial charge in [-0.1, -0.05) is 12.1 Å². The van der Waals surface area contributed by atoms with Crippen LogP contribution in [0.1, 0.15) is 10.4 Å². The van der Waals surface area contributed by atoms with E-state index in [1.54, 1.807) is 30.3 Å². The molecule has 0 radical (unpaired) electrons. The quantitative estimate of drug-likeness (QED) is 0.725. The molecule has 1 unspecified atom stereocenters. The number of fused-ring (bicyclic) bond motifs is 1. The molecule has 0 saturated carbocycles. The maximum Gasteiger partial charge on any atom is 0.325 e. The molecule has 0 fully saturated rings. The number of hydrogen-bond donors (Lipinski definition) is 1. The van der Waals surface area contributed by atoms with E-state index in [0.29, 0.717) is 28.6 Å². The van der Waals surface area contributed by atoms with Gasteiger partial charge < -0.3 is 29.0 Å². The molecule has 0 bridgehead atoms.